The summed E-state index contributed by atoms with van der Waals surface area (Å²) in [6, 6.07) is 7.00. The van der Waals surface area contributed by atoms with Crippen molar-refractivity contribution in [3.05, 3.63) is 34.9 Å². The van der Waals surface area contributed by atoms with Gasteiger partial charge in [-0.3, -0.25) is 9.59 Å². The zero-order chi connectivity index (χ0) is 12.3. The lowest BCUT2D eigenvalue weighted by molar-refractivity contribution is -0.140. The third-order valence-electron chi connectivity index (χ3n) is 2.19. The van der Waals surface area contributed by atoms with Crippen LogP contribution in [0.3, 0.4) is 0 Å². The molecule has 3 heteroatoms. The van der Waals surface area contributed by atoms with Gasteiger partial charge in [-0.1, -0.05) is 44.5 Å². The van der Waals surface area contributed by atoms with Gasteiger partial charge in [0.2, 0.25) is 11.6 Å². The van der Waals surface area contributed by atoms with E-state index < -0.39 is 5.41 Å². The molecule has 0 spiro atoms. The first-order valence-electron chi connectivity index (χ1n) is 5.13. The Morgan fingerprint density at radius 1 is 1.25 bits per heavy atom. The molecule has 1 aromatic carbocycles. The van der Waals surface area contributed by atoms with Gasteiger partial charge in [-0.25, -0.2) is 0 Å². The first-order chi connectivity index (χ1) is 7.30. The summed E-state index contributed by atoms with van der Waals surface area (Å²) in [6.07, 6.45) is 0.122. The molecule has 0 amide bonds. The molecule has 0 aliphatic heterocycles. The third kappa shape index (κ3) is 3.46. The first-order valence-corrected chi connectivity index (χ1v) is 5.50. The van der Waals surface area contributed by atoms with E-state index in [2.05, 4.69) is 0 Å². The summed E-state index contributed by atoms with van der Waals surface area (Å²) in [7, 11) is 0. The van der Waals surface area contributed by atoms with Crippen molar-refractivity contribution in [2.45, 2.75) is 27.2 Å². The van der Waals surface area contributed by atoms with Crippen molar-refractivity contribution in [1.82, 2.24) is 0 Å². The number of carbonyl (C=O) groups is 2. The molecule has 0 aromatic heterocycles. The van der Waals surface area contributed by atoms with Gasteiger partial charge in [0.15, 0.2) is 0 Å². The van der Waals surface area contributed by atoms with Gasteiger partial charge in [-0.05, 0) is 17.7 Å². The standard InChI is InChI=1S/C13H15ClO2/c1-13(2,3)12(16)11(15)8-9-5-4-6-10(14)7-9/h4-7H,8H2,1-3H3. The molecule has 0 fully saturated rings. The Morgan fingerprint density at radius 2 is 1.88 bits per heavy atom. The number of hydrogen-bond acceptors (Lipinski definition) is 2. The summed E-state index contributed by atoms with van der Waals surface area (Å²) in [4.78, 5) is 23.3. The molecule has 86 valence electrons. The zero-order valence-corrected chi connectivity index (χ0v) is 10.5. The summed E-state index contributed by atoms with van der Waals surface area (Å²) in [5, 5.41) is 0.577. The molecule has 0 saturated carbocycles. The molecule has 1 aromatic rings. The van der Waals surface area contributed by atoms with Gasteiger partial charge >= 0.3 is 0 Å². The molecule has 0 aliphatic rings. The van der Waals surface area contributed by atoms with E-state index in [1.807, 2.05) is 0 Å². The van der Waals surface area contributed by atoms with Crippen LogP contribution in [-0.2, 0) is 16.0 Å². The van der Waals surface area contributed by atoms with Gasteiger partial charge in [0.25, 0.3) is 0 Å². The smallest absolute Gasteiger partial charge is 0.204 e. The van der Waals surface area contributed by atoms with E-state index in [1.165, 1.54) is 0 Å². The van der Waals surface area contributed by atoms with Crippen LogP contribution >= 0.6 is 11.6 Å². The zero-order valence-electron chi connectivity index (χ0n) is 9.71. The van der Waals surface area contributed by atoms with Crippen LogP contribution < -0.4 is 0 Å². The second-order valence-corrected chi connectivity index (χ2v) is 5.25. The van der Waals surface area contributed by atoms with Gasteiger partial charge < -0.3 is 0 Å². The molecule has 0 unspecified atom stereocenters. The maximum atomic E-state index is 11.7. The van der Waals surface area contributed by atoms with Gasteiger partial charge in [-0.2, -0.15) is 0 Å². The lowest BCUT2D eigenvalue weighted by Crippen LogP contribution is -2.29. The quantitative estimate of drug-likeness (QED) is 0.759. The lowest BCUT2D eigenvalue weighted by Gasteiger charge is -2.15. The molecule has 0 radical (unpaired) electrons. The molecule has 0 saturated heterocycles. The number of hydrogen-bond donors (Lipinski definition) is 0. The van der Waals surface area contributed by atoms with E-state index in [9.17, 15) is 9.59 Å². The van der Waals surface area contributed by atoms with Crippen molar-refractivity contribution in [2.24, 2.45) is 5.41 Å². The molecule has 0 heterocycles. The number of benzene rings is 1. The normalized spacial score (nSPS) is 11.2. The number of rotatable bonds is 3. The van der Waals surface area contributed by atoms with E-state index in [1.54, 1.807) is 45.0 Å². The molecule has 0 atom stereocenters. The predicted molar refractivity (Wildman–Crippen MR) is 64.6 cm³/mol. The van der Waals surface area contributed by atoms with Gasteiger partial charge in [0.05, 0.1) is 0 Å². The van der Waals surface area contributed by atoms with Crippen LogP contribution in [0.5, 0.6) is 0 Å². The molecule has 0 bridgehead atoms. The minimum absolute atomic E-state index is 0.122. The molecule has 16 heavy (non-hydrogen) atoms. The average molecular weight is 239 g/mol. The maximum absolute atomic E-state index is 11.7. The highest BCUT2D eigenvalue weighted by atomic mass is 35.5. The second-order valence-electron chi connectivity index (χ2n) is 4.81. The van der Waals surface area contributed by atoms with Crippen molar-refractivity contribution < 1.29 is 9.59 Å². The Kier molecular flexibility index (Phi) is 3.87. The van der Waals surface area contributed by atoms with Crippen LogP contribution in [0.4, 0.5) is 0 Å². The minimum atomic E-state index is -0.615. The minimum Gasteiger partial charge on any atom is -0.290 e. The number of ketones is 2. The van der Waals surface area contributed by atoms with Crippen LogP contribution in [0.15, 0.2) is 24.3 Å². The van der Waals surface area contributed by atoms with Crippen molar-refractivity contribution in [3.63, 3.8) is 0 Å². The Balaban J connectivity index is 2.76. The van der Waals surface area contributed by atoms with E-state index in [4.69, 9.17) is 11.6 Å². The fourth-order valence-electron chi connectivity index (χ4n) is 1.33. The Labute approximate surface area is 101 Å². The maximum Gasteiger partial charge on any atom is 0.204 e. The SMILES string of the molecule is CC(C)(C)C(=O)C(=O)Cc1cccc(Cl)c1. The largest absolute Gasteiger partial charge is 0.290 e. The van der Waals surface area contributed by atoms with E-state index >= 15 is 0 Å². The number of halogens is 1. The number of Topliss-reactive ketones (excluding diaryl/α,β-unsaturated/α-hetero) is 2. The van der Waals surface area contributed by atoms with Crippen molar-refractivity contribution >= 4 is 23.2 Å². The summed E-state index contributed by atoms with van der Waals surface area (Å²) >= 11 is 5.80. The second kappa shape index (κ2) is 4.79. The molecule has 2 nitrogen and oxygen atoms in total. The molecular weight excluding hydrogens is 224 g/mol. The summed E-state index contributed by atoms with van der Waals surface area (Å²) in [5.74, 6) is -0.706. The van der Waals surface area contributed by atoms with Crippen molar-refractivity contribution in [1.29, 1.82) is 0 Å². The van der Waals surface area contributed by atoms with Crippen LogP contribution in [0.25, 0.3) is 0 Å². The number of carbonyl (C=O) groups excluding carboxylic acids is 2. The third-order valence-corrected chi connectivity index (χ3v) is 2.42. The molecule has 0 aliphatic carbocycles. The van der Waals surface area contributed by atoms with E-state index in [-0.39, 0.29) is 18.0 Å². The topological polar surface area (TPSA) is 34.1 Å². The van der Waals surface area contributed by atoms with Gasteiger partial charge in [-0.15, -0.1) is 0 Å². The lowest BCUT2D eigenvalue weighted by atomic mass is 9.86. The average Bonchev–Trinajstić information content (AvgIpc) is 2.15. The van der Waals surface area contributed by atoms with Crippen LogP contribution in [0.2, 0.25) is 5.02 Å². The molecular formula is C13H15ClO2. The van der Waals surface area contributed by atoms with Gasteiger partial charge in [0, 0.05) is 16.9 Å². The highest BCUT2D eigenvalue weighted by molar-refractivity contribution is 6.39. The fraction of sp³-hybridized carbons (Fsp3) is 0.385. The van der Waals surface area contributed by atoms with E-state index in [0.717, 1.165) is 5.56 Å². The summed E-state index contributed by atoms with van der Waals surface area (Å²) < 4.78 is 0. The summed E-state index contributed by atoms with van der Waals surface area (Å²) in [6.45, 7) is 5.22. The molecule has 0 N–H and O–H groups in total. The van der Waals surface area contributed by atoms with Gasteiger partial charge in [0.1, 0.15) is 0 Å². The highest BCUT2D eigenvalue weighted by Gasteiger charge is 2.27. The van der Waals surface area contributed by atoms with Crippen LogP contribution in [-0.4, -0.2) is 11.6 Å². The highest BCUT2D eigenvalue weighted by Crippen LogP contribution is 2.17. The molecule has 1 rings (SSSR count). The Morgan fingerprint density at radius 3 is 2.38 bits per heavy atom. The predicted octanol–water partition coefficient (Wildman–Crippen LogP) is 3.07. The Bertz CT molecular complexity index is 416. The van der Waals surface area contributed by atoms with Crippen molar-refractivity contribution in [3.8, 4) is 0 Å². The van der Waals surface area contributed by atoms with Crippen molar-refractivity contribution in [2.75, 3.05) is 0 Å². The monoisotopic (exact) mass is 238 g/mol. The van der Waals surface area contributed by atoms with E-state index in [0.29, 0.717) is 5.02 Å². The van der Waals surface area contributed by atoms with Crippen LogP contribution in [0.1, 0.15) is 26.3 Å². The Hall–Kier alpha value is -1.15. The fourth-order valence-corrected chi connectivity index (χ4v) is 1.54. The summed E-state index contributed by atoms with van der Waals surface area (Å²) in [5.41, 5.74) is 0.158. The van der Waals surface area contributed by atoms with Crippen LogP contribution in [0, 0.1) is 5.41 Å². The first kappa shape index (κ1) is 12.9.